The number of para-hydroxylation sites is 1. The summed E-state index contributed by atoms with van der Waals surface area (Å²) < 4.78 is 37.8. The molecule has 0 bridgehead atoms. The Morgan fingerprint density at radius 3 is 2.32 bits per heavy atom. The standard InChI is InChI=1S/C24H30N2O4S/c1-17-9-11-18(12-10-17)31(27,28)30-26-21-19-7-5-6-8-20(19)29-24(13-15-25-16-14-24)22(21)23(2,3)4/h5-12,25-26H,13-16H2,1-4H3. The van der Waals surface area contributed by atoms with Crippen LogP contribution in [0.5, 0.6) is 5.75 Å². The molecule has 1 spiro atoms. The van der Waals surface area contributed by atoms with Gasteiger partial charge in [0.1, 0.15) is 11.4 Å². The molecule has 7 heteroatoms. The fraction of sp³-hybridized carbons (Fsp3) is 0.417. The number of hydrogen-bond donors (Lipinski definition) is 2. The molecular formula is C24H30N2O4S. The Bertz CT molecular complexity index is 1090. The molecule has 2 aromatic rings. The van der Waals surface area contributed by atoms with Crippen LogP contribution in [0.1, 0.15) is 44.7 Å². The van der Waals surface area contributed by atoms with Gasteiger partial charge in [0.25, 0.3) is 0 Å². The van der Waals surface area contributed by atoms with Crippen molar-refractivity contribution in [3.8, 4) is 5.75 Å². The number of hydrogen-bond acceptors (Lipinski definition) is 6. The summed E-state index contributed by atoms with van der Waals surface area (Å²) in [5.41, 5.74) is 5.54. The number of fused-ring (bicyclic) bond motifs is 1. The summed E-state index contributed by atoms with van der Waals surface area (Å²) >= 11 is 0. The zero-order chi connectivity index (χ0) is 22.3. The number of benzene rings is 2. The van der Waals surface area contributed by atoms with Crippen molar-refractivity contribution in [2.45, 2.75) is 51.0 Å². The first kappa shape index (κ1) is 21.9. The number of aryl methyl sites for hydroxylation is 1. The van der Waals surface area contributed by atoms with Gasteiger partial charge in [-0.05, 0) is 49.7 Å². The first-order valence-electron chi connectivity index (χ1n) is 10.6. The number of ether oxygens (including phenoxy) is 1. The molecule has 166 valence electrons. The summed E-state index contributed by atoms with van der Waals surface area (Å²) in [6, 6.07) is 14.3. The molecule has 0 aliphatic carbocycles. The largest absolute Gasteiger partial charge is 0.482 e. The highest BCUT2D eigenvalue weighted by Gasteiger charge is 2.48. The van der Waals surface area contributed by atoms with E-state index in [0.29, 0.717) is 5.70 Å². The smallest absolute Gasteiger partial charge is 0.317 e. The first-order chi connectivity index (χ1) is 14.6. The SMILES string of the molecule is Cc1ccc(S(=O)(=O)ONC2=C(C(C)(C)C)C3(CCNCC3)Oc3ccccc32)cc1. The lowest BCUT2D eigenvalue weighted by Crippen LogP contribution is -2.53. The Morgan fingerprint density at radius 1 is 1.03 bits per heavy atom. The maximum atomic E-state index is 12.9. The van der Waals surface area contributed by atoms with Crippen LogP contribution in [0, 0.1) is 12.3 Å². The van der Waals surface area contributed by atoms with Crippen LogP contribution >= 0.6 is 0 Å². The van der Waals surface area contributed by atoms with Crippen LogP contribution in [0.2, 0.25) is 0 Å². The van der Waals surface area contributed by atoms with E-state index >= 15 is 0 Å². The van der Waals surface area contributed by atoms with E-state index < -0.39 is 15.7 Å². The van der Waals surface area contributed by atoms with Crippen molar-refractivity contribution in [1.82, 2.24) is 10.8 Å². The molecule has 0 unspecified atom stereocenters. The lowest BCUT2D eigenvalue weighted by molar-refractivity contribution is 0.0490. The lowest BCUT2D eigenvalue weighted by Gasteiger charge is -2.48. The summed E-state index contributed by atoms with van der Waals surface area (Å²) in [5, 5.41) is 3.40. The second-order valence-corrected chi connectivity index (χ2v) is 10.8. The summed E-state index contributed by atoms with van der Waals surface area (Å²) in [6.45, 7) is 9.95. The number of piperidine rings is 1. The zero-order valence-electron chi connectivity index (χ0n) is 18.5. The van der Waals surface area contributed by atoms with Crippen LogP contribution in [-0.4, -0.2) is 27.1 Å². The summed E-state index contributed by atoms with van der Waals surface area (Å²) in [6.07, 6.45) is 1.59. The van der Waals surface area contributed by atoms with Crippen LogP contribution < -0.4 is 15.5 Å². The first-order valence-corrected chi connectivity index (χ1v) is 12.0. The quantitative estimate of drug-likeness (QED) is 0.692. The normalized spacial score (nSPS) is 18.5. The van der Waals surface area contributed by atoms with Crippen LogP contribution in [0.25, 0.3) is 5.70 Å². The molecule has 2 N–H and O–H groups in total. The molecule has 6 nitrogen and oxygen atoms in total. The highest BCUT2D eigenvalue weighted by Crippen LogP contribution is 2.50. The van der Waals surface area contributed by atoms with Gasteiger partial charge in [0.15, 0.2) is 0 Å². The van der Waals surface area contributed by atoms with E-state index in [1.165, 1.54) is 0 Å². The second kappa shape index (κ2) is 7.97. The van der Waals surface area contributed by atoms with Crippen LogP contribution in [0.3, 0.4) is 0 Å². The minimum Gasteiger partial charge on any atom is -0.482 e. The van der Waals surface area contributed by atoms with E-state index in [1.54, 1.807) is 24.3 Å². The van der Waals surface area contributed by atoms with Crippen molar-refractivity contribution >= 4 is 15.8 Å². The molecule has 0 atom stereocenters. The summed E-state index contributed by atoms with van der Waals surface area (Å²) in [7, 11) is -3.99. The van der Waals surface area contributed by atoms with Crippen molar-refractivity contribution in [2.24, 2.45) is 5.41 Å². The minimum atomic E-state index is -3.99. The second-order valence-electron chi connectivity index (χ2n) is 9.30. The van der Waals surface area contributed by atoms with Gasteiger partial charge in [0.05, 0.1) is 10.6 Å². The molecule has 0 radical (unpaired) electrons. The monoisotopic (exact) mass is 442 g/mol. The third-order valence-electron chi connectivity index (χ3n) is 5.89. The van der Waals surface area contributed by atoms with Crippen LogP contribution in [0.4, 0.5) is 0 Å². The Kier molecular flexibility index (Phi) is 5.62. The van der Waals surface area contributed by atoms with Gasteiger partial charge in [-0.3, -0.25) is 0 Å². The molecule has 1 fully saturated rings. The maximum absolute atomic E-state index is 12.9. The van der Waals surface area contributed by atoms with Crippen LogP contribution in [0.15, 0.2) is 59.0 Å². The van der Waals surface area contributed by atoms with Crippen LogP contribution in [-0.2, 0) is 14.4 Å². The Hall–Kier alpha value is -2.35. The Balaban J connectivity index is 1.79. The molecule has 2 aliphatic rings. The molecular weight excluding hydrogens is 412 g/mol. The fourth-order valence-corrected chi connectivity index (χ4v) is 5.34. The van der Waals surface area contributed by atoms with Crippen molar-refractivity contribution in [3.63, 3.8) is 0 Å². The summed E-state index contributed by atoms with van der Waals surface area (Å²) in [5.74, 6) is 0.733. The van der Waals surface area contributed by atoms with E-state index in [9.17, 15) is 8.42 Å². The van der Waals surface area contributed by atoms with Crippen molar-refractivity contribution in [1.29, 1.82) is 0 Å². The predicted molar refractivity (Wildman–Crippen MR) is 121 cm³/mol. The maximum Gasteiger partial charge on any atom is 0.317 e. The van der Waals surface area contributed by atoms with E-state index in [0.717, 1.165) is 48.4 Å². The molecule has 2 aliphatic heterocycles. The minimum absolute atomic E-state index is 0.112. The predicted octanol–water partition coefficient (Wildman–Crippen LogP) is 4.18. The number of rotatable bonds is 4. The Morgan fingerprint density at radius 2 is 1.68 bits per heavy atom. The fourth-order valence-electron chi connectivity index (χ4n) is 4.58. The van der Waals surface area contributed by atoms with Gasteiger partial charge in [0, 0.05) is 24.0 Å². The van der Waals surface area contributed by atoms with E-state index in [2.05, 4.69) is 31.6 Å². The zero-order valence-corrected chi connectivity index (χ0v) is 19.3. The molecule has 0 amide bonds. The van der Waals surface area contributed by atoms with Gasteiger partial charge >= 0.3 is 10.1 Å². The number of hydroxylamine groups is 1. The van der Waals surface area contributed by atoms with Gasteiger partial charge in [0.2, 0.25) is 0 Å². The molecule has 31 heavy (non-hydrogen) atoms. The highest BCUT2D eigenvalue weighted by molar-refractivity contribution is 7.86. The van der Waals surface area contributed by atoms with E-state index in [1.807, 2.05) is 31.2 Å². The average Bonchev–Trinajstić information content (AvgIpc) is 2.71. The third-order valence-corrected chi connectivity index (χ3v) is 7.04. The number of nitrogens with one attached hydrogen (secondary N) is 2. The highest BCUT2D eigenvalue weighted by atomic mass is 32.2. The Labute approximate surface area is 184 Å². The lowest BCUT2D eigenvalue weighted by atomic mass is 9.69. The molecule has 0 aromatic heterocycles. The molecule has 2 aromatic carbocycles. The van der Waals surface area contributed by atoms with E-state index in [-0.39, 0.29) is 10.3 Å². The van der Waals surface area contributed by atoms with Gasteiger partial charge in [-0.15, -0.1) is 4.28 Å². The van der Waals surface area contributed by atoms with Crippen molar-refractivity contribution < 1.29 is 17.4 Å². The van der Waals surface area contributed by atoms with Gasteiger partial charge in [-0.2, -0.15) is 8.42 Å². The van der Waals surface area contributed by atoms with E-state index in [4.69, 9.17) is 9.02 Å². The molecule has 1 saturated heterocycles. The molecule has 0 saturated carbocycles. The average molecular weight is 443 g/mol. The summed E-state index contributed by atoms with van der Waals surface area (Å²) in [4.78, 5) is 0.112. The van der Waals surface area contributed by atoms with Gasteiger partial charge in [-0.25, -0.2) is 5.48 Å². The van der Waals surface area contributed by atoms with Crippen molar-refractivity contribution in [3.05, 3.63) is 65.2 Å². The topological polar surface area (TPSA) is 76.7 Å². The van der Waals surface area contributed by atoms with Crippen molar-refractivity contribution in [2.75, 3.05) is 13.1 Å². The molecule has 2 heterocycles. The molecule has 4 rings (SSSR count). The van der Waals surface area contributed by atoms with Gasteiger partial charge in [-0.1, -0.05) is 50.6 Å². The third kappa shape index (κ3) is 4.22. The van der Waals surface area contributed by atoms with Gasteiger partial charge < -0.3 is 10.1 Å².